The van der Waals surface area contributed by atoms with Crippen molar-refractivity contribution in [1.29, 1.82) is 0 Å². The van der Waals surface area contributed by atoms with Gasteiger partial charge in [-0.2, -0.15) is 0 Å². The molecule has 0 saturated heterocycles. The molecule has 0 spiro atoms. The molecule has 15 heavy (non-hydrogen) atoms. The van der Waals surface area contributed by atoms with Crippen molar-refractivity contribution in [3.05, 3.63) is 23.8 Å². The van der Waals surface area contributed by atoms with Gasteiger partial charge in [0, 0.05) is 19.0 Å². The number of nitrogens with one attached hydrogen (secondary N) is 1. The summed E-state index contributed by atoms with van der Waals surface area (Å²) in [4.78, 5) is 10.9. The zero-order chi connectivity index (χ0) is 11.4. The molecule has 0 aliphatic rings. The number of para-hydroxylation sites is 1. The third kappa shape index (κ3) is 2.68. The molecule has 1 unspecified atom stereocenters. The number of amides is 1. The van der Waals surface area contributed by atoms with Gasteiger partial charge in [-0.05, 0) is 6.07 Å². The molecule has 0 fully saturated rings. The number of nitrogens with two attached hydrogens (primary N) is 1. The van der Waals surface area contributed by atoms with Crippen LogP contribution in [0.5, 0.6) is 5.75 Å². The molecule has 82 valence electrons. The van der Waals surface area contributed by atoms with Crippen LogP contribution in [0.3, 0.4) is 0 Å². The molecule has 0 radical (unpaired) electrons. The van der Waals surface area contributed by atoms with E-state index in [9.17, 15) is 15.0 Å². The first kappa shape index (κ1) is 11.5. The molecule has 5 N–H and O–H groups in total. The second kappa shape index (κ2) is 4.77. The van der Waals surface area contributed by atoms with Gasteiger partial charge in [0.05, 0.1) is 11.8 Å². The molecule has 1 amide bonds. The maximum atomic E-state index is 10.9. The molecule has 0 bridgehead atoms. The quantitative estimate of drug-likeness (QED) is 0.541. The lowest BCUT2D eigenvalue weighted by Crippen LogP contribution is -2.15. The Bertz CT molecular complexity index is 366. The highest BCUT2D eigenvalue weighted by atomic mass is 16.3. The van der Waals surface area contributed by atoms with Crippen molar-refractivity contribution in [2.45, 2.75) is 13.0 Å². The van der Waals surface area contributed by atoms with Gasteiger partial charge in [-0.15, -0.1) is 0 Å². The topological polar surface area (TPSA) is 95.6 Å². The molecule has 1 aromatic carbocycles. The molecule has 5 nitrogen and oxygen atoms in total. The van der Waals surface area contributed by atoms with Crippen molar-refractivity contribution < 1.29 is 15.0 Å². The number of rotatable bonds is 3. The van der Waals surface area contributed by atoms with Gasteiger partial charge in [-0.1, -0.05) is 12.1 Å². The fourth-order valence-electron chi connectivity index (χ4n) is 1.27. The standard InChI is InChI=1S/C10H14N2O3/c1-6(13)12-10-7(9(15)5-11)3-2-4-8(10)14/h2-4,9,14-15H,5,11H2,1H3,(H,12,13). The van der Waals surface area contributed by atoms with E-state index >= 15 is 0 Å². The summed E-state index contributed by atoms with van der Waals surface area (Å²) < 4.78 is 0. The Kier molecular flexibility index (Phi) is 3.65. The lowest BCUT2D eigenvalue weighted by atomic mass is 10.1. The van der Waals surface area contributed by atoms with E-state index in [-0.39, 0.29) is 23.9 Å². The zero-order valence-electron chi connectivity index (χ0n) is 8.40. The summed E-state index contributed by atoms with van der Waals surface area (Å²) >= 11 is 0. The predicted molar refractivity (Wildman–Crippen MR) is 56.4 cm³/mol. The summed E-state index contributed by atoms with van der Waals surface area (Å²) in [6.45, 7) is 1.35. The maximum Gasteiger partial charge on any atom is 0.221 e. The molecule has 1 aromatic rings. The summed E-state index contributed by atoms with van der Waals surface area (Å²) in [6, 6.07) is 4.61. The van der Waals surface area contributed by atoms with Gasteiger partial charge in [0.15, 0.2) is 0 Å². The van der Waals surface area contributed by atoms with Crippen molar-refractivity contribution >= 4 is 11.6 Å². The van der Waals surface area contributed by atoms with Crippen LogP contribution in [0, 0.1) is 0 Å². The molecule has 0 aromatic heterocycles. The fourth-order valence-corrected chi connectivity index (χ4v) is 1.27. The van der Waals surface area contributed by atoms with Crippen LogP contribution in [0.2, 0.25) is 0 Å². The SMILES string of the molecule is CC(=O)Nc1c(O)cccc1C(O)CN. The highest BCUT2D eigenvalue weighted by molar-refractivity contribution is 5.91. The van der Waals surface area contributed by atoms with Crippen molar-refractivity contribution in [2.75, 3.05) is 11.9 Å². The largest absolute Gasteiger partial charge is 0.506 e. The summed E-state index contributed by atoms with van der Waals surface area (Å²) in [7, 11) is 0. The molecule has 0 aliphatic heterocycles. The third-order valence-electron chi connectivity index (χ3n) is 1.96. The van der Waals surface area contributed by atoms with Crippen LogP contribution in [0.25, 0.3) is 0 Å². The lowest BCUT2D eigenvalue weighted by Gasteiger charge is -2.15. The van der Waals surface area contributed by atoms with E-state index in [1.54, 1.807) is 12.1 Å². The number of phenolic OH excluding ortho intramolecular Hbond substituents is 1. The summed E-state index contributed by atoms with van der Waals surface area (Å²) in [5, 5.41) is 21.5. The highest BCUT2D eigenvalue weighted by Crippen LogP contribution is 2.31. The van der Waals surface area contributed by atoms with Gasteiger partial charge in [0.2, 0.25) is 5.91 Å². The molecule has 0 aliphatic carbocycles. The molecular weight excluding hydrogens is 196 g/mol. The molecule has 1 atom stereocenters. The minimum absolute atomic E-state index is 0.0238. The lowest BCUT2D eigenvalue weighted by molar-refractivity contribution is -0.114. The van der Waals surface area contributed by atoms with E-state index in [0.717, 1.165) is 0 Å². The number of aliphatic hydroxyl groups is 1. The Morgan fingerprint density at radius 1 is 1.60 bits per heavy atom. The predicted octanol–water partition coefficient (Wildman–Crippen LogP) is 0.343. The smallest absolute Gasteiger partial charge is 0.221 e. The first-order chi connectivity index (χ1) is 7.06. The number of aromatic hydroxyl groups is 1. The Labute approximate surface area is 87.5 Å². The van der Waals surface area contributed by atoms with E-state index in [0.29, 0.717) is 5.56 Å². The van der Waals surface area contributed by atoms with E-state index < -0.39 is 6.10 Å². The average molecular weight is 210 g/mol. The second-order valence-corrected chi connectivity index (χ2v) is 3.17. The van der Waals surface area contributed by atoms with Crippen LogP contribution in [0.1, 0.15) is 18.6 Å². The van der Waals surface area contributed by atoms with Crippen LogP contribution >= 0.6 is 0 Å². The summed E-state index contributed by atoms with van der Waals surface area (Å²) in [5.41, 5.74) is 5.93. The number of phenols is 1. The number of hydrogen-bond donors (Lipinski definition) is 4. The zero-order valence-corrected chi connectivity index (χ0v) is 8.40. The maximum absolute atomic E-state index is 10.9. The van der Waals surface area contributed by atoms with Crippen molar-refractivity contribution in [3.8, 4) is 5.75 Å². The van der Waals surface area contributed by atoms with Gasteiger partial charge >= 0.3 is 0 Å². The van der Waals surface area contributed by atoms with Crippen LogP contribution in [0.15, 0.2) is 18.2 Å². The van der Waals surface area contributed by atoms with E-state index in [1.165, 1.54) is 13.0 Å². The number of anilines is 1. The number of carbonyl (C=O) groups is 1. The summed E-state index contributed by atoms with van der Waals surface area (Å²) in [6.07, 6.45) is -0.904. The van der Waals surface area contributed by atoms with Crippen LogP contribution in [-0.2, 0) is 4.79 Å². The molecule has 0 saturated carbocycles. The minimum Gasteiger partial charge on any atom is -0.506 e. The molecular formula is C10H14N2O3. The monoisotopic (exact) mass is 210 g/mol. The number of benzene rings is 1. The third-order valence-corrected chi connectivity index (χ3v) is 1.96. The fraction of sp³-hybridized carbons (Fsp3) is 0.300. The van der Waals surface area contributed by atoms with Crippen LogP contribution in [-0.4, -0.2) is 22.7 Å². The van der Waals surface area contributed by atoms with Crippen LogP contribution in [0.4, 0.5) is 5.69 Å². The molecule has 5 heteroatoms. The minimum atomic E-state index is -0.904. The second-order valence-electron chi connectivity index (χ2n) is 3.17. The van der Waals surface area contributed by atoms with Gasteiger partial charge in [0.1, 0.15) is 5.75 Å². The Balaban J connectivity index is 3.13. The van der Waals surface area contributed by atoms with Crippen molar-refractivity contribution in [2.24, 2.45) is 5.73 Å². The number of carbonyl (C=O) groups excluding carboxylic acids is 1. The van der Waals surface area contributed by atoms with Crippen molar-refractivity contribution in [1.82, 2.24) is 0 Å². The molecule has 1 rings (SSSR count). The number of hydrogen-bond acceptors (Lipinski definition) is 4. The van der Waals surface area contributed by atoms with Crippen LogP contribution < -0.4 is 11.1 Å². The van der Waals surface area contributed by atoms with Gasteiger partial charge in [-0.3, -0.25) is 4.79 Å². The summed E-state index contributed by atoms with van der Waals surface area (Å²) in [5.74, 6) is -0.405. The van der Waals surface area contributed by atoms with E-state index in [4.69, 9.17) is 5.73 Å². The van der Waals surface area contributed by atoms with E-state index in [1.807, 2.05) is 0 Å². The van der Waals surface area contributed by atoms with Gasteiger partial charge in [0.25, 0.3) is 0 Å². The first-order valence-corrected chi connectivity index (χ1v) is 4.54. The highest BCUT2D eigenvalue weighted by Gasteiger charge is 2.14. The normalized spacial score (nSPS) is 12.2. The first-order valence-electron chi connectivity index (χ1n) is 4.54. The van der Waals surface area contributed by atoms with Crippen molar-refractivity contribution in [3.63, 3.8) is 0 Å². The average Bonchev–Trinajstić information content (AvgIpc) is 2.19. The van der Waals surface area contributed by atoms with Gasteiger partial charge < -0.3 is 21.3 Å². The molecule has 0 heterocycles. The van der Waals surface area contributed by atoms with Gasteiger partial charge in [-0.25, -0.2) is 0 Å². The Hall–Kier alpha value is -1.59. The Morgan fingerprint density at radius 3 is 2.80 bits per heavy atom. The van der Waals surface area contributed by atoms with E-state index in [2.05, 4.69) is 5.32 Å². The Morgan fingerprint density at radius 2 is 2.27 bits per heavy atom. The number of aliphatic hydroxyl groups excluding tert-OH is 1.